The summed E-state index contributed by atoms with van der Waals surface area (Å²) in [7, 11) is 0. The highest BCUT2D eigenvalue weighted by molar-refractivity contribution is 5.92. The van der Waals surface area contributed by atoms with Crippen molar-refractivity contribution in [2.24, 2.45) is 28.6 Å². The quantitative estimate of drug-likeness (QED) is 0.667. The fraction of sp³-hybridized carbons (Fsp3) is 0.818. The van der Waals surface area contributed by atoms with Crippen LogP contribution in [0.4, 0.5) is 4.39 Å². The lowest BCUT2D eigenvalue weighted by Crippen LogP contribution is -2.69. The molecule has 5 nitrogen and oxygen atoms in total. The number of alkyl halides is 1. The number of hydrogen-bond donors (Lipinski definition) is 3. The summed E-state index contributed by atoms with van der Waals surface area (Å²) in [6, 6.07) is 0. The van der Waals surface area contributed by atoms with Crippen molar-refractivity contribution < 1.29 is 29.3 Å². The maximum Gasteiger partial charge on any atom is 0.190 e. The van der Waals surface area contributed by atoms with E-state index in [0.29, 0.717) is 25.7 Å². The summed E-state index contributed by atoms with van der Waals surface area (Å²) in [6.07, 6.45) is 2.41. The number of aliphatic hydroxyl groups is 3. The summed E-state index contributed by atoms with van der Waals surface area (Å²) < 4.78 is 16.9. The maximum atomic E-state index is 16.9. The number of allylic oxidation sites excluding steroid dienone is 1. The number of aliphatic hydroxyl groups excluding tert-OH is 2. The third-order valence-electron chi connectivity index (χ3n) is 9.19. The number of Topliss-reactive ketones (excluding diaryl/α,β-unsaturated/α-hetero) is 1. The van der Waals surface area contributed by atoms with Gasteiger partial charge in [-0.25, -0.2) is 4.39 Å². The van der Waals surface area contributed by atoms with E-state index < -0.39 is 52.4 Å². The highest BCUT2D eigenvalue weighted by Crippen LogP contribution is 2.71. The van der Waals surface area contributed by atoms with E-state index in [-0.39, 0.29) is 24.5 Å². The van der Waals surface area contributed by atoms with Gasteiger partial charge in [0.05, 0.1) is 6.10 Å². The zero-order valence-electron chi connectivity index (χ0n) is 16.9. The van der Waals surface area contributed by atoms with Gasteiger partial charge in [-0.2, -0.15) is 0 Å². The highest BCUT2D eigenvalue weighted by Gasteiger charge is 2.75. The maximum absolute atomic E-state index is 16.9. The molecular weight excluding hydrogens is 363 g/mol. The average Bonchev–Trinajstić information content (AvgIpc) is 2.84. The van der Waals surface area contributed by atoms with Gasteiger partial charge >= 0.3 is 0 Å². The number of fused-ring (bicyclic) bond motifs is 5. The van der Waals surface area contributed by atoms with Gasteiger partial charge in [0.2, 0.25) is 0 Å². The fourth-order valence-corrected chi connectivity index (χ4v) is 7.62. The molecule has 0 heterocycles. The minimum absolute atomic E-state index is 0.0158. The first-order valence-corrected chi connectivity index (χ1v) is 10.4. The molecule has 0 aromatic heterocycles. The van der Waals surface area contributed by atoms with Crippen molar-refractivity contribution in [3.63, 3.8) is 0 Å². The Hall–Kier alpha value is -1.11. The van der Waals surface area contributed by atoms with Crippen molar-refractivity contribution in [1.29, 1.82) is 0 Å². The Morgan fingerprint density at radius 3 is 2.61 bits per heavy atom. The van der Waals surface area contributed by atoms with E-state index >= 15 is 4.39 Å². The zero-order valence-corrected chi connectivity index (χ0v) is 16.9. The summed E-state index contributed by atoms with van der Waals surface area (Å²) in [6.45, 7) is 4.61. The molecule has 0 amide bonds. The molecule has 3 N–H and O–H groups in total. The Labute approximate surface area is 165 Å². The molecule has 0 spiro atoms. The van der Waals surface area contributed by atoms with Gasteiger partial charge in [0.1, 0.15) is 17.9 Å². The molecule has 0 radical (unpaired) electrons. The number of hydrogen-bond acceptors (Lipinski definition) is 5. The molecule has 0 aromatic carbocycles. The molecule has 4 aliphatic carbocycles. The van der Waals surface area contributed by atoms with Crippen LogP contribution in [-0.2, 0) is 9.59 Å². The zero-order chi connectivity index (χ0) is 20.7. The van der Waals surface area contributed by atoms with Gasteiger partial charge in [0.25, 0.3) is 0 Å². The van der Waals surface area contributed by atoms with Crippen LogP contribution in [0.25, 0.3) is 0 Å². The third kappa shape index (κ3) is 2.07. The Balaban J connectivity index is 1.83. The van der Waals surface area contributed by atoms with Gasteiger partial charge in [-0.1, -0.05) is 26.3 Å². The summed E-state index contributed by atoms with van der Waals surface area (Å²) >= 11 is 0. The van der Waals surface area contributed by atoms with E-state index in [0.717, 1.165) is 5.57 Å². The lowest BCUT2D eigenvalue weighted by atomic mass is 9.44. The SMILES string of the molecule is C[C@H]1C[C@@H]2[C@@H]3CCC4=CC(=O)CC[C@]4(C)[C@@]3(F)[C@@H](O)C[C@@]2(C)[C@@]1(O)C(=O)CO. The molecule has 4 aliphatic rings. The normalized spacial score (nSPS) is 53.1. The van der Waals surface area contributed by atoms with Crippen LogP contribution >= 0.6 is 0 Å². The summed E-state index contributed by atoms with van der Waals surface area (Å²) in [5, 5.41) is 32.0. The second-order valence-electron chi connectivity index (χ2n) is 10.1. The predicted octanol–water partition coefficient (Wildman–Crippen LogP) is 2.12. The average molecular weight is 394 g/mol. The van der Waals surface area contributed by atoms with Crippen LogP contribution in [0.2, 0.25) is 0 Å². The van der Waals surface area contributed by atoms with Crippen molar-refractivity contribution in [2.45, 2.75) is 76.7 Å². The molecule has 0 saturated heterocycles. The molecule has 0 bridgehead atoms. The van der Waals surface area contributed by atoms with Crippen LogP contribution in [0, 0.1) is 28.6 Å². The molecule has 4 rings (SSSR count). The number of ketones is 2. The topological polar surface area (TPSA) is 94.8 Å². The monoisotopic (exact) mass is 394 g/mol. The van der Waals surface area contributed by atoms with E-state index in [1.165, 1.54) is 0 Å². The molecule has 3 fully saturated rings. The van der Waals surface area contributed by atoms with Gasteiger partial charge < -0.3 is 15.3 Å². The summed E-state index contributed by atoms with van der Waals surface area (Å²) in [4.78, 5) is 24.5. The van der Waals surface area contributed by atoms with Gasteiger partial charge in [0.15, 0.2) is 11.6 Å². The fourth-order valence-electron chi connectivity index (χ4n) is 7.62. The second kappa shape index (κ2) is 5.96. The van der Waals surface area contributed by atoms with Crippen LogP contribution in [-0.4, -0.2) is 50.9 Å². The number of carbonyl (C=O) groups excluding carboxylic acids is 2. The van der Waals surface area contributed by atoms with Crippen LogP contribution in [0.15, 0.2) is 11.6 Å². The number of carbonyl (C=O) groups is 2. The van der Waals surface area contributed by atoms with Gasteiger partial charge in [0, 0.05) is 23.2 Å². The van der Waals surface area contributed by atoms with Crippen molar-refractivity contribution in [1.82, 2.24) is 0 Å². The first-order chi connectivity index (χ1) is 13.0. The second-order valence-corrected chi connectivity index (χ2v) is 10.1. The largest absolute Gasteiger partial charge is 0.390 e. The van der Waals surface area contributed by atoms with Gasteiger partial charge in [-0.05, 0) is 50.0 Å². The number of halogens is 1. The van der Waals surface area contributed by atoms with Crippen molar-refractivity contribution >= 4 is 11.6 Å². The Morgan fingerprint density at radius 1 is 1.29 bits per heavy atom. The Morgan fingerprint density at radius 2 is 1.96 bits per heavy atom. The molecule has 0 aromatic rings. The molecule has 0 unspecified atom stereocenters. The Bertz CT molecular complexity index is 764. The van der Waals surface area contributed by atoms with Crippen molar-refractivity contribution in [2.75, 3.05) is 6.61 Å². The predicted molar refractivity (Wildman–Crippen MR) is 100 cm³/mol. The summed E-state index contributed by atoms with van der Waals surface area (Å²) in [5.41, 5.74) is -4.77. The minimum atomic E-state index is -1.89. The molecule has 8 atom stereocenters. The third-order valence-corrected chi connectivity index (χ3v) is 9.19. The standard InChI is InChI=1S/C22H31FO5/c1-12-8-16-15-5-4-13-9-14(25)6-7-19(13,2)21(15,23)17(26)10-20(16,3)22(12,28)18(27)11-24/h9,12,15-17,24,26,28H,4-8,10-11H2,1-3H3/t12-,15-,16+,17-,19-,20+,21-,22-/m0/s1. The molecule has 0 aliphatic heterocycles. The van der Waals surface area contributed by atoms with E-state index in [2.05, 4.69) is 0 Å². The van der Waals surface area contributed by atoms with Crippen LogP contribution in [0.1, 0.15) is 59.3 Å². The molecular formula is C22H31FO5. The molecule has 156 valence electrons. The molecule has 6 heteroatoms. The van der Waals surface area contributed by atoms with E-state index in [1.807, 2.05) is 6.92 Å². The van der Waals surface area contributed by atoms with Gasteiger partial charge in [-0.3, -0.25) is 9.59 Å². The molecule has 28 heavy (non-hydrogen) atoms. The van der Waals surface area contributed by atoms with Crippen LogP contribution in [0.3, 0.4) is 0 Å². The van der Waals surface area contributed by atoms with Crippen LogP contribution in [0.5, 0.6) is 0 Å². The van der Waals surface area contributed by atoms with Gasteiger partial charge in [-0.15, -0.1) is 0 Å². The first-order valence-electron chi connectivity index (χ1n) is 10.4. The lowest BCUT2D eigenvalue weighted by Gasteiger charge is -2.63. The highest BCUT2D eigenvalue weighted by atomic mass is 19.1. The number of rotatable bonds is 2. The van der Waals surface area contributed by atoms with E-state index in [1.54, 1.807) is 19.9 Å². The summed E-state index contributed by atoms with van der Waals surface area (Å²) in [5.74, 6) is -1.82. The van der Waals surface area contributed by atoms with E-state index in [9.17, 15) is 24.9 Å². The first kappa shape index (κ1) is 20.2. The van der Waals surface area contributed by atoms with Crippen molar-refractivity contribution in [3.8, 4) is 0 Å². The van der Waals surface area contributed by atoms with E-state index in [4.69, 9.17) is 0 Å². The van der Waals surface area contributed by atoms with Crippen LogP contribution < -0.4 is 0 Å². The lowest BCUT2D eigenvalue weighted by molar-refractivity contribution is -0.228. The van der Waals surface area contributed by atoms with Crippen molar-refractivity contribution in [3.05, 3.63) is 11.6 Å². The minimum Gasteiger partial charge on any atom is -0.390 e. The smallest absolute Gasteiger partial charge is 0.190 e. The Kier molecular flexibility index (Phi) is 4.29. The molecule has 3 saturated carbocycles.